The van der Waals surface area contributed by atoms with Gasteiger partial charge in [0.05, 0.1) is 13.1 Å². The molecule has 2 aromatic rings. The van der Waals surface area contributed by atoms with Crippen molar-refractivity contribution in [3.63, 3.8) is 0 Å². The van der Waals surface area contributed by atoms with Gasteiger partial charge < -0.3 is 10.6 Å². The molecule has 2 amide bonds. The minimum Gasteiger partial charge on any atom is -0.325 e. The van der Waals surface area contributed by atoms with Crippen LogP contribution in [0.1, 0.15) is 28.4 Å². The number of aryl methyl sites for hydroxylation is 2. The highest BCUT2D eigenvalue weighted by Crippen LogP contribution is 2.19. The predicted molar refractivity (Wildman–Crippen MR) is 107 cm³/mol. The summed E-state index contributed by atoms with van der Waals surface area (Å²) in [6.07, 6.45) is 0. The van der Waals surface area contributed by atoms with Crippen molar-refractivity contribution in [2.75, 3.05) is 30.8 Å². The van der Waals surface area contributed by atoms with E-state index in [4.69, 9.17) is 0 Å². The zero-order valence-electron chi connectivity index (χ0n) is 16.1. The van der Waals surface area contributed by atoms with Crippen molar-refractivity contribution in [1.29, 1.82) is 0 Å². The van der Waals surface area contributed by atoms with Crippen LogP contribution in [0.4, 0.5) is 11.4 Å². The summed E-state index contributed by atoms with van der Waals surface area (Å²) >= 11 is 0. The first-order valence-electron chi connectivity index (χ1n) is 8.71. The van der Waals surface area contributed by atoms with Gasteiger partial charge in [-0.2, -0.15) is 0 Å². The van der Waals surface area contributed by atoms with Crippen LogP contribution in [0.25, 0.3) is 0 Å². The summed E-state index contributed by atoms with van der Waals surface area (Å²) in [5, 5.41) is 5.66. The maximum atomic E-state index is 12.3. The summed E-state index contributed by atoms with van der Waals surface area (Å²) in [7, 11) is 1.71. The molecule has 0 heterocycles. The molecule has 6 nitrogen and oxygen atoms in total. The molecule has 2 rings (SSSR count). The van der Waals surface area contributed by atoms with Crippen molar-refractivity contribution in [3.05, 3.63) is 59.2 Å². The van der Waals surface area contributed by atoms with Gasteiger partial charge in [0.2, 0.25) is 11.8 Å². The molecule has 0 fully saturated rings. The van der Waals surface area contributed by atoms with Gasteiger partial charge in [-0.1, -0.05) is 18.2 Å². The molecule has 27 heavy (non-hydrogen) atoms. The molecule has 0 saturated carbocycles. The van der Waals surface area contributed by atoms with E-state index in [1.807, 2.05) is 32.0 Å². The van der Waals surface area contributed by atoms with Gasteiger partial charge >= 0.3 is 0 Å². The highest BCUT2D eigenvalue weighted by atomic mass is 16.2. The minimum atomic E-state index is -0.229. The molecule has 2 N–H and O–H groups in total. The maximum Gasteiger partial charge on any atom is 0.238 e. The molecule has 0 aliphatic heterocycles. The van der Waals surface area contributed by atoms with E-state index in [9.17, 15) is 14.4 Å². The molecule has 0 bridgehead atoms. The quantitative estimate of drug-likeness (QED) is 0.738. The van der Waals surface area contributed by atoms with Crippen LogP contribution in [-0.4, -0.2) is 42.6 Å². The second kappa shape index (κ2) is 9.09. The fourth-order valence-electron chi connectivity index (χ4n) is 2.73. The van der Waals surface area contributed by atoms with Crippen LogP contribution in [0.3, 0.4) is 0 Å². The Hall–Kier alpha value is -2.99. The first-order chi connectivity index (χ1) is 12.8. The number of hydrogen-bond donors (Lipinski definition) is 2. The summed E-state index contributed by atoms with van der Waals surface area (Å²) in [5.74, 6) is -0.427. The Morgan fingerprint density at radius 1 is 0.852 bits per heavy atom. The Morgan fingerprint density at radius 2 is 1.37 bits per heavy atom. The van der Waals surface area contributed by atoms with E-state index >= 15 is 0 Å². The van der Waals surface area contributed by atoms with Gasteiger partial charge in [-0.25, -0.2) is 0 Å². The van der Waals surface area contributed by atoms with Crippen molar-refractivity contribution >= 4 is 29.0 Å². The van der Waals surface area contributed by atoms with E-state index in [-0.39, 0.29) is 30.7 Å². The minimum absolute atomic E-state index is 0.0255. The van der Waals surface area contributed by atoms with E-state index in [0.717, 1.165) is 16.8 Å². The predicted octanol–water partition coefficient (Wildman–Crippen LogP) is 3.02. The highest BCUT2D eigenvalue weighted by molar-refractivity contribution is 5.97. The number of nitrogens with zero attached hydrogens (tertiary/aromatic N) is 1. The number of para-hydroxylation sites is 1. The van der Waals surface area contributed by atoms with Crippen LogP contribution in [-0.2, 0) is 9.59 Å². The van der Waals surface area contributed by atoms with Crippen LogP contribution in [0.15, 0.2) is 42.5 Å². The third-order valence-corrected chi connectivity index (χ3v) is 4.15. The fraction of sp³-hybridized carbons (Fsp3) is 0.286. The van der Waals surface area contributed by atoms with Crippen LogP contribution >= 0.6 is 0 Å². The molecule has 0 aliphatic carbocycles. The fourth-order valence-corrected chi connectivity index (χ4v) is 2.73. The molecule has 0 spiro atoms. The summed E-state index contributed by atoms with van der Waals surface area (Å²) in [6.45, 7) is 5.55. The Labute approximate surface area is 159 Å². The van der Waals surface area contributed by atoms with Crippen LogP contribution in [0.5, 0.6) is 0 Å². The summed E-state index contributed by atoms with van der Waals surface area (Å²) in [5.41, 5.74) is 4.01. The molecule has 0 unspecified atom stereocenters. The molecule has 2 aromatic carbocycles. The summed E-state index contributed by atoms with van der Waals surface area (Å²) in [4.78, 5) is 37.3. The van der Waals surface area contributed by atoms with Gasteiger partial charge in [0.1, 0.15) is 0 Å². The first-order valence-corrected chi connectivity index (χ1v) is 8.71. The lowest BCUT2D eigenvalue weighted by molar-refractivity contribution is -0.119. The number of hydrogen-bond acceptors (Lipinski definition) is 4. The van der Waals surface area contributed by atoms with E-state index in [1.165, 1.54) is 6.92 Å². The van der Waals surface area contributed by atoms with Gasteiger partial charge in [0.25, 0.3) is 0 Å². The Bertz CT molecular complexity index is 824. The van der Waals surface area contributed by atoms with Gasteiger partial charge in [0, 0.05) is 16.9 Å². The number of rotatable bonds is 7. The number of nitrogens with one attached hydrogen (secondary N) is 2. The van der Waals surface area contributed by atoms with E-state index in [1.54, 1.807) is 36.2 Å². The van der Waals surface area contributed by atoms with Crippen LogP contribution in [0, 0.1) is 13.8 Å². The summed E-state index contributed by atoms with van der Waals surface area (Å²) < 4.78 is 0. The van der Waals surface area contributed by atoms with Gasteiger partial charge in [-0.05, 0) is 63.2 Å². The Balaban J connectivity index is 1.85. The van der Waals surface area contributed by atoms with Crippen molar-refractivity contribution in [2.45, 2.75) is 20.8 Å². The van der Waals surface area contributed by atoms with Crippen molar-refractivity contribution in [2.24, 2.45) is 0 Å². The molecule has 6 heteroatoms. The third-order valence-electron chi connectivity index (χ3n) is 4.15. The van der Waals surface area contributed by atoms with Crippen molar-refractivity contribution in [1.82, 2.24) is 4.90 Å². The average Bonchev–Trinajstić information content (AvgIpc) is 2.58. The van der Waals surface area contributed by atoms with Gasteiger partial charge in [-0.3, -0.25) is 19.3 Å². The van der Waals surface area contributed by atoms with Crippen molar-refractivity contribution < 1.29 is 14.4 Å². The van der Waals surface area contributed by atoms with Crippen LogP contribution in [0.2, 0.25) is 0 Å². The zero-order valence-corrected chi connectivity index (χ0v) is 16.1. The standard InChI is InChI=1S/C21H25N3O3/c1-14-6-5-7-15(2)21(14)23-20(27)13-24(4)12-19(26)22-18-10-8-17(9-11-18)16(3)25/h5-11H,12-13H2,1-4H3,(H,22,26)(H,23,27). The number of ketones is 1. The lowest BCUT2D eigenvalue weighted by Gasteiger charge is -2.17. The average molecular weight is 367 g/mol. The lowest BCUT2D eigenvalue weighted by atomic mass is 10.1. The SMILES string of the molecule is CC(=O)c1ccc(NC(=O)CN(C)CC(=O)Nc2c(C)cccc2C)cc1. The van der Waals surface area contributed by atoms with Gasteiger partial charge in [0.15, 0.2) is 5.78 Å². The normalized spacial score (nSPS) is 10.6. The van der Waals surface area contributed by atoms with Gasteiger partial charge in [-0.15, -0.1) is 0 Å². The monoisotopic (exact) mass is 367 g/mol. The van der Waals surface area contributed by atoms with E-state index in [2.05, 4.69) is 10.6 Å². The van der Waals surface area contributed by atoms with E-state index < -0.39 is 0 Å². The Kier molecular flexibility index (Phi) is 6.85. The zero-order chi connectivity index (χ0) is 20.0. The largest absolute Gasteiger partial charge is 0.325 e. The molecule has 0 aliphatic rings. The van der Waals surface area contributed by atoms with Crippen molar-refractivity contribution in [3.8, 4) is 0 Å². The number of carbonyl (C=O) groups excluding carboxylic acids is 3. The van der Waals surface area contributed by atoms with Crippen LogP contribution < -0.4 is 10.6 Å². The number of anilines is 2. The first kappa shape index (κ1) is 20.3. The molecular weight excluding hydrogens is 342 g/mol. The second-order valence-corrected chi connectivity index (χ2v) is 6.67. The number of benzene rings is 2. The number of amides is 2. The van der Waals surface area contributed by atoms with E-state index in [0.29, 0.717) is 11.3 Å². The molecule has 0 radical (unpaired) electrons. The number of likely N-dealkylation sites (N-methyl/N-ethyl adjacent to an activating group) is 1. The third kappa shape index (κ3) is 6.04. The number of carbonyl (C=O) groups is 3. The molecular formula is C21H25N3O3. The molecule has 0 atom stereocenters. The second-order valence-electron chi connectivity index (χ2n) is 6.67. The molecule has 142 valence electrons. The maximum absolute atomic E-state index is 12.3. The molecule has 0 saturated heterocycles. The number of Topliss-reactive ketones (excluding diaryl/α,β-unsaturated/α-hetero) is 1. The smallest absolute Gasteiger partial charge is 0.238 e. The Morgan fingerprint density at radius 3 is 1.89 bits per heavy atom. The topological polar surface area (TPSA) is 78.5 Å². The summed E-state index contributed by atoms with van der Waals surface area (Å²) in [6, 6.07) is 12.5. The highest BCUT2D eigenvalue weighted by Gasteiger charge is 2.13. The molecule has 0 aromatic heterocycles. The lowest BCUT2D eigenvalue weighted by Crippen LogP contribution is -2.36.